The number of rotatable bonds is 9. The number of aromatic nitrogens is 1. The summed E-state index contributed by atoms with van der Waals surface area (Å²) in [7, 11) is 1.76. The third-order valence-electron chi connectivity index (χ3n) is 5.54. The Morgan fingerprint density at radius 3 is 2.73 bits per heavy atom. The van der Waals surface area contributed by atoms with E-state index in [0.717, 1.165) is 5.69 Å². The van der Waals surface area contributed by atoms with Gasteiger partial charge in [0, 0.05) is 24.7 Å². The molecule has 0 spiro atoms. The Labute approximate surface area is 191 Å². The highest BCUT2D eigenvalue weighted by atomic mass is 16.5. The van der Waals surface area contributed by atoms with Crippen LogP contribution < -0.4 is 22.1 Å². The number of nitrogens with two attached hydrogens (primary N) is 2. The lowest BCUT2D eigenvalue weighted by Crippen LogP contribution is -2.40. The van der Waals surface area contributed by atoms with Crippen molar-refractivity contribution in [2.75, 3.05) is 24.3 Å². The third-order valence-corrected chi connectivity index (χ3v) is 5.54. The normalized spacial score (nSPS) is 20.3. The van der Waals surface area contributed by atoms with Crippen LogP contribution in [0.5, 0.6) is 5.75 Å². The number of amides is 1. The predicted molar refractivity (Wildman–Crippen MR) is 124 cm³/mol. The van der Waals surface area contributed by atoms with Crippen molar-refractivity contribution in [3.05, 3.63) is 35.9 Å². The molecule has 3 unspecified atom stereocenters. The Morgan fingerprint density at radius 1 is 1.30 bits per heavy atom. The topological polar surface area (TPSA) is 177 Å². The lowest BCUT2D eigenvalue weighted by atomic mass is 9.94. The van der Waals surface area contributed by atoms with E-state index in [4.69, 9.17) is 16.2 Å². The molecule has 7 N–H and O–H groups in total. The molecule has 176 valence electrons. The molecule has 1 heterocycles. The fourth-order valence-corrected chi connectivity index (χ4v) is 3.49. The van der Waals surface area contributed by atoms with E-state index >= 15 is 0 Å². The quantitative estimate of drug-likeness (QED) is 0.283. The monoisotopic (exact) mass is 455 g/mol. The van der Waals surface area contributed by atoms with Crippen molar-refractivity contribution in [2.45, 2.75) is 38.3 Å². The number of nitrogens with one attached hydrogen (secondary N) is 2. The maximum absolute atomic E-state index is 12.1. The Bertz CT molecular complexity index is 1070. The van der Waals surface area contributed by atoms with Gasteiger partial charge in [-0.3, -0.25) is 9.59 Å². The van der Waals surface area contributed by atoms with Gasteiger partial charge in [-0.05, 0) is 49.2 Å². The predicted octanol–water partition coefficient (Wildman–Crippen LogP) is 2.87. The molecule has 2 aromatic rings. The molecule has 1 aromatic heterocycles. The van der Waals surface area contributed by atoms with Crippen molar-refractivity contribution < 1.29 is 19.4 Å². The van der Waals surface area contributed by atoms with Crippen molar-refractivity contribution in [3.63, 3.8) is 0 Å². The molecule has 11 nitrogen and oxygen atoms in total. The lowest BCUT2D eigenvalue weighted by molar-refractivity contribution is -0.145. The van der Waals surface area contributed by atoms with E-state index in [0.29, 0.717) is 17.7 Å². The second kappa shape index (κ2) is 9.92. The minimum Gasteiger partial charge on any atom is -0.504 e. The van der Waals surface area contributed by atoms with E-state index in [9.17, 15) is 14.7 Å². The highest BCUT2D eigenvalue weighted by Gasteiger charge is 2.60. The number of esters is 1. The number of azo groups is 1. The smallest absolute Gasteiger partial charge is 0.310 e. The molecule has 0 aliphatic heterocycles. The number of hydrogen-bond donors (Lipinski definition) is 5. The Hall–Kier alpha value is -3.57. The number of hydrogen-bond acceptors (Lipinski definition) is 10. The van der Waals surface area contributed by atoms with Gasteiger partial charge in [0.25, 0.3) is 0 Å². The first kappa shape index (κ1) is 24.1. The zero-order chi connectivity index (χ0) is 24.2. The van der Waals surface area contributed by atoms with E-state index < -0.39 is 17.5 Å². The number of ether oxygens (including phenoxy) is 1. The van der Waals surface area contributed by atoms with Crippen molar-refractivity contribution in [2.24, 2.45) is 27.6 Å². The molecule has 0 bridgehead atoms. The molecule has 33 heavy (non-hydrogen) atoms. The van der Waals surface area contributed by atoms with E-state index in [1.54, 1.807) is 39.1 Å². The van der Waals surface area contributed by atoms with E-state index in [-0.39, 0.29) is 42.3 Å². The summed E-state index contributed by atoms with van der Waals surface area (Å²) in [6.45, 7) is 3.72. The van der Waals surface area contributed by atoms with Crippen LogP contribution in [0.1, 0.15) is 38.3 Å². The Kier molecular flexibility index (Phi) is 7.24. The van der Waals surface area contributed by atoms with Gasteiger partial charge in [0.15, 0.2) is 17.4 Å². The number of carbonyl (C=O) groups is 2. The average Bonchev–Trinajstić information content (AvgIpc) is 3.51. The molecule has 3 rings (SSSR count). The first-order valence-corrected chi connectivity index (χ1v) is 10.7. The molecule has 1 aliphatic rings. The molecule has 3 atom stereocenters. The number of anilines is 2. The number of aromatic hydroxyl groups is 1. The Morgan fingerprint density at radius 2 is 2.06 bits per heavy atom. The van der Waals surface area contributed by atoms with Gasteiger partial charge in [0.1, 0.15) is 0 Å². The van der Waals surface area contributed by atoms with Gasteiger partial charge >= 0.3 is 5.97 Å². The first-order valence-electron chi connectivity index (χ1n) is 10.7. The fraction of sp³-hybridized carbons (Fsp3) is 0.409. The van der Waals surface area contributed by atoms with Gasteiger partial charge in [-0.1, -0.05) is 6.92 Å². The molecular formula is C22H29N7O4. The summed E-state index contributed by atoms with van der Waals surface area (Å²) in [6, 6.07) is 7.50. The highest BCUT2D eigenvalue weighted by Crippen LogP contribution is 2.50. The number of carbonyl (C=O) groups excluding carboxylic acids is 2. The summed E-state index contributed by atoms with van der Waals surface area (Å²) >= 11 is 0. The van der Waals surface area contributed by atoms with Crippen LogP contribution >= 0.6 is 0 Å². The van der Waals surface area contributed by atoms with Crippen molar-refractivity contribution in [1.82, 2.24) is 4.98 Å². The third kappa shape index (κ3) is 5.26. The van der Waals surface area contributed by atoms with Gasteiger partial charge in [-0.15, -0.1) is 10.2 Å². The van der Waals surface area contributed by atoms with E-state index in [2.05, 4.69) is 25.8 Å². The van der Waals surface area contributed by atoms with Crippen molar-refractivity contribution in [1.29, 1.82) is 0 Å². The SMILES string of the molecule is CCOC(=O)C1CC1(N)C(N)c1cc(N=Nc2ccc(O)c(NC(=O)CC)n2)ccc1NC. The summed E-state index contributed by atoms with van der Waals surface area (Å²) in [5.41, 5.74) is 14.0. The number of pyridine rings is 1. The van der Waals surface area contributed by atoms with Crippen LogP contribution in [-0.4, -0.2) is 41.2 Å². The average molecular weight is 456 g/mol. The van der Waals surface area contributed by atoms with Crippen LogP contribution in [0.25, 0.3) is 0 Å². The molecule has 1 aromatic carbocycles. The van der Waals surface area contributed by atoms with Gasteiger partial charge in [-0.2, -0.15) is 0 Å². The number of benzene rings is 1. The summed E-state index contributed by atoms with van der Waals surface area (Å²) < 4.78 is 5.09. The molecule has 0 radical (unpaired) electrons. The molecular weight excluding hydrogens is 426 g/mol. The molecule has 1 amide bonds. The minimum absolute atomic E-state index is 0.00959. The van der Waals surface area contributed by atoms with Gasteiger partial charge in [0.05, 0.1) is 24.3 Å². The van der Waals surface area contributed by atoms with Crippen LogP contribution in [0, 0.1) is 5.92 Å². The van der Waals surface area contributed by atoms with Gasteiger partial charge in [0.2, 0.25) is 5.91 Å². The second-order valence-electron chi connectivity index (χ2n) is 7.76. The van der Waals surface area contributed by atoms with Crippen LogP contribution in [-0.2, 0) is 14.3 Å². The standard InChI is InChI=1S/C22H29N7O4/c1-4-18(31)27-20-16(30)8-9-17(26-20)29-28-12-6-7-15(25-3)13(10-12)19(23)22(24)11-14(22)21(32)33-5-2/h6-10,14,19,25,30H,4-5,11,23-24H2,1-3H3,(H,26,27,31). The summed E-state index contributed by atoms with van der Waals surface area (Å²) in [6.07, 6.45) is 0.680. The highest BCUT2D eigenvalue weighted by molar-refractivity contribution is 5.91. The van der Waals surface area contributed by atoms with E-state index in [1.807, 2.05) is 0 Å². The minimum atomic E-state index is -0.904. The molecule has 1 fully saturated rings. The maximum Gasteiger partial charge on any atom is 0.310 e. The number of nitrogens with zero attached hydrogens (tertiary/aromatic N) is 3. The zero-order valence-electron chi connectivity index (χ0n) is 18.8. The largest absolute Gasteiger partial charge is 0.504 e. The molecule has 1 aliphatic carbocycles. The van der Waals surface area contributed by atoms with Gasteiger partial charge < -0.3 is 31.9 Å². The van der Waals surface area contributed by atoms with Crippen LogP contribution in [0.4, 0.5) is 23.0 Å². The van der Waals surface area contributed by atoms with Gasteiger partial charge in [-0.25, -0.2) is 4.98 Å². The summed E-state index contributed by atoms with van der Waals surface area (Å²) in [4.78, 5) is 27.8. The maximum atomic E-state index is 12.1. The summed E-state index contributed by atoms with van der Waals surface area (Å²) in [5.74, 6) is -1.05. The van der Waals surface area contributed by atoms with Crippen LogP contribution in [0.2, 0.25) is 0 Å². The summed E-state index contributed by atoms with van der Waals surface area (Å²) in [5, 5.41) is 23.8. The molecule has 1 saturated carbocycles. The van der Waals surface area contributed by atoms with Crippen molar-refractivity contribution in [3.8, 4) is 5.75 Å². The van der Waals surface area contributed by atoms with Crippen LogP contribution in [0.3, 0.4) is 0 Å². The second-order valence-corrected chi connectivity index (χ2v) is 7.76. The first-order chi connectivity index (χ1) is 15.7. The molecule has 11 heteroatoms. The Balaban J connectivity index is 1.83. The lowest BCUT2D eigenvalue weighted by Gasteiger charge is -2.23. The van der Waals surface area contributed by atoms with Crippen molar-refractivity contribution >= 4 is 34.9 Å². The fourth-order valence-electron chi connectivity index (χ4n) is 3.49. The van der Waals surface area contributed by atoms with Crippen LogP contribution in [0.15, 0.2) is 40.6 Å². The molecule has 0 saturated heterocycles. The van der Waals surface area contributed by atoms with E-state index in [1.165, 1.54) is 12.1 Å². The zero-order valence-corrected chi connectivity index (χ0v) is 18.8.